The van der Waals surface area contributed by atoms with Gasteiger partial charge in [0.25, 0.3) is 0 Å². The number of fused-ring (bicyclic) bond motifs is 1. The van der Waals surface area contributed by atoms with Crippen LogP contribution >= 0.6 is 0 Å². The molecule has 3 heterocycles. The summed E-state index contributed by atoms with van der Waals surface area (Å²) in [4.78, 5) is 17.9. The molecule has 0 spiro atoms. The number of aromatic nitrogens is 1. The first-order valence-electron chi connectivity index (χ1n) is 11.6. The van der Waals surface area contributed by atoms with Crippen molar-refractivity contribution in [1.82, 2.24) is 15.0 Å². The maximum absolute atomic E-state index is 13.4. The van der Waals surface area contributed by atoms with E-state index in [-0.39, 0.29) is 11.9 Å². The molecular weight excluding hydrogens is 398 g/mol. The molecule has 5 nitrogen and oxygen atoms in total. The number of likely N-dealkylation sites (tertiary alicyclic amines) is 1. The van der Waals surface area contributed by atoms with Crippen LogP contribution in [0.25, 0.3) is 11.1 Å². The Morgan fingerprint density at radius 1 is 1.06 bits per heavy atom. The molecular formula is C27H31N3O2. The summed E-state index contributed by atoms with van der Waals surface area (Å²) in [6.07, 6.45) is 2.76. The monoisotopic (exact) mass is 429 g/mol. The van der Waals surface area contributed by atoms with Gasteiger partial charge in [0.15, 0.2) is 0 Å². The third-order valence-corrected chi connectivity index (χ3v) is 7.14. The largest absolute Gasteiger partial charge is 0.361 e. The smallest absolute Gasteiger partial charge is 0.227 e. The molecule has 5 rings (SSSR count). The van der Waals surface area contributed by atoms with Crippen LogP contribution in [0.15, 0.2) is 53.1 Å². The van der Waals surface area contributed by atoms with Crippen LogP contribution in [0.5, 0.6) is 0 Å². The topological polar surface area (TPSA) is 49.6 Å². The number of benzene rings is 2. The Bertz CT molecular complexity index is 1090. The second-order valence-corrected chi connectivity index (χ2v) is 9.40. The number of nitrogens with zero attached hydrogens (tertiary/aromatic N) is 3. The van der Waals surface area contributed by atoms with Crippen LogP contribution in [-0.2, 0) is 11.2 Å². The SMILES string of the molecule is Cc1noc(C)c1-c1ccc2c(c1)C(c1ccccc1)N(CC1CCN(C)CC1)C(=O)C2. The van der Waals surface area contributed by atoms with Gasteiger partial charge in [-0.05, 0) is 81.1 Å². The minimum Gasteiger partial charge on any atom is -0.361 e. The summed E-state index contributed by atoms with van der Waals surface area (Å²) in [5, 5.41) is 4.15. The average Bonchev–Trinajstić information content (AvgIpc) is 3.14. The van der Waals surface area contributed by atoms with Gasteiger partial charge in [0, 0.05) is 12.1 Å². The van der Waals surface area contributed by atoms with E-state index in [9.17, 15) is 4.79 Å². The molecule has 0 aliphatic carbocycles. The minimum atomic E-state index is -0.0625. The standard InChI is InChI=1S/C27H31N3O2/c1-18-26(19(2)32-28-18)23-10-9-22-16-25(31)30(17-20-11-13-29(3)14-12-20)27(24(22)15-23)21-7-5-4-6-8-21/h4-10,15,20,27H,11-14,16-17H2,1-3H3. The molecule has 1 unspecified atom stereocenters. The number of hydrogen-bond donors (Lipinski definition) is 0. The van der Waals surface area contributed by atoms with Crippen molar-refractivity contribution in [3.05, 3.63) is 76.7 Å². The summed E-state index contributed by atoms with van der Waals surface area (Å²) in [5.41, 5.74) is 6.58. The fraction of sp³-hybridized carbons (Fsp3) is 0.407. The van der Waals surface area contributed by atoms with Crippen LogP contribution in [0.1, 0.15) is 47.0 Å². The summed E-state index contributed by atoms with van der Waals surface area (Å²) in [7, 11) is 2.18. The first-order chi connectivity index (χ1) is 15.5. The Morgan fingerprint density at radius 3 is 2.50 bits per heavy atom. The third-order valence-electron chi connectivity index (χ3n) is 7.14. The number of carbonyl (C=O) groups is 1. The number of piperidine rings is 1. The van der Waals surface area contributed by atoms with Crippen LogP contribution in [0, 0.1) is 19.8 Å². The van der Waals surface area contributed by atoms with Crippen molar-refractivity contribution in [2.45, 2.75) is 39.2 Å². The third kappa shape index (κ3) is 3.86. The molecule has 3 aromatic rings. The fourth-order valence-corrected chi connectivity index (χ4v) is 5.36. The van der Waals surface area contributed by atoms with Crippen LogP contribution in [0.2, 0.25) is 0 Å². The molecule has 5 heteroatoms. The maximum atomic E-state index is 13.4. The number of carbonyl (C=O) groups excluding carboxylic acids is 1. The van der Waals surface area contributed by atoms with E-state index in [0.29, 0.717) is 12.3 Å². The van der Waals surface area contributed by atoms with Gasteiger partial charge in [0.1, 0.15) is 5.76 Å². The van der Waals surface area contributed by atoms with E-state index in [0.717, 1.165) is 60.6 Å². The molecule has 2 aliphatic heterocycles. The highest BCUT2D eigenvalue weighted by Crippen LogP contribution is 2.40. The lowest BCUT2D eigenvalue weighted by molar-refractivity contribution is -0.134. The lowest BCUT2D eigenvalue weighted by Gasteiger charge is -2.41. The zero-order valence-electron chi connectivity index (χ0n) is 19.2. The molecule has 0 saturated carbocycles. The van der Waals surface area contributed by atoms with E-state index < -0.39 is 0 Å². The van der Waals surface area contributed by atoms with Gasteiger partial charge in [0.2, 0.25) is 5.91 Å². The number of amides is 1. The molecule has 1 amide bonds. The molecule has 0 radical (unpaired) electrons. The second-order valence-electron chi connectivity index (χ2n) is 9.40. The Balaban J connectivity index is 1.57. The molecule has 32 heavy (non-hydrogen) atoms. The second kappa shape index (κ2) is 8.55. The highest BCUT2D eigenvalue weighted by atomic mass is 16.5. The van der Waals surface area contributed by atoms with Gasteiger partial charge in [-0.2, -0.15) is 0 Å². The summed E-state index contributed by atoms with van der Waals surface area (Å²) < 4.78 is 5.43. The Labute approximate surface area is 190 Å². The van der Waals surface area contributed by atoms with Crippen molar-refractivity contribution in [3.8, 4) is 11.1 Å². The maximum Gasteiger partial charge on any atom is 0.227 e. The molecule has 0 bridgehead atoms. The zero-order valence-corrected chi connectivity index (χ0v) is 19.2. The van der Waals surface area contributed by atoms with Gasteiger partial charge in [-0.15, -0.1) is 0 Å². The van der Waals surface area contributed by atoms with Crippen molar-refractivity contribution in [2.75, 3.05) is 26.7 Å². The molecule has 166 valence electrons. The normalized spacial score (nSPS) is 19.9. The highest BCUT2D eigenvalue weighted by Gasteiger charge is 2.35. The molecule has 2 aromatic carbocycles. The first kappa shape index (κ1) is 21.0. The fourth-order valence-electron chi connectivity index (χ4n) is 5.36. The van der Waals surface area contributed by atoms with Gasteiger partial charge in [-0.1, -0.05) is 47.6 Å². The van der Waals surface area contributed by atoms with Crippen LogP contribution < -0.4 is 0 Å². The molecule has 1 atom stereocenters. The summed E-state index contributed by atoms with van der Waals surface area (Å²) in [6.45, 7) is 6.97. The Morgan fingerprint density at radius 2 is 1.81 bits per heavy atom. The van der Waals surface area contributed by atoms with Crippen molar-refractivity contribution in [2.24, 2.45) is 5.92 Å². The van der Waals surface area contributed by atoms with Gasteiger partial charge in [-0.3, -0.25) is 4.79 Å². The quantitative estimate of drug-likeness (QED) is 0.599. The predicted octanol–water partition coefficient (Wildman–Crippen LogP) is 4.77. The molecule has 0 N–H and O–H groups in total. The van der Waals surface area contributed by atoms with Crippen LogP contribution in [-0.4, -0.2) is 47.5 Å². The minimum absolute atomic E-state index is 0.0625. The van der Waals surface area contributed by atoms with Gasteiger partial charge in [-0.25, -0.2) is 0 Å². The zero-order chi connectivity index (χ0) is 22.2. The van der Waals surface area contributed by atoms with Gasteiger partial charge >= 0.3 is 0 Å². The molecule has 1 fully saturated rings. The number of rotatable bonds is 4. The molecule has 2 aliphatic rings. The Kier molecular flexibility index (Phi) is 5.60. The molecule has 1 saturated heterocycles. The van der Waals surface area contributed by atoms with E-state index in [1.54, 1.807) is 0 Å². The molecule has 1 aromatic heterocycles. The number of aryl methyl sites for hydroxylation is 2. The van der Waals surface area contributed by atoms with E-state index in [4.69, 9.17) is 4.52 Å². The first-order valence-corrected chi connectivity index (χ1v) is 11.6. The lowest BCUT2D eigenvalue weighted by Crippen LogP contribution is -2.45. The van der Waals surface area contributed by atoms with E-state index in [1.807, 2.05) is 19.9 Å². The van der Waals surface area contributed by atoms with E-state index in [2.05, 4.69) is 64.5 Å². The van der Waals surface area contributed by atoms with Crippen LogP contribution in [0.4, 0.5) is 0 Å². The highest BCUT2D eigenvalue weighted by molar-refractivity contribution is 5.83. The van der Waals surface area contributed by atoms with Gasteiger partial charge < -0.3 is 14.3 Å². The van der Waals surface area contributed by atoms with Gasteiger partial charge in [0.05, 0.1) is 18.2 Å². The Hall–Kier alpha value is -2.92. The van der Waals surface area contributed by atoms with Crippen molar-refractivity contribution < 1.29 is 9.32 Å². The van der Waals surface area contributed by atoms with Crippen molar-refractivity contribution in [1.29, 1.82) is 0 Å². The van der Waals surface area contributed by atoms with Crippen molar-refractivity contribution in [3.63, 3.8) is 0 Å². The predicted molar refractivity (Wildman–Crippen MR) is 125 cm³/mol. The van der Waals surface area contributed by atoms with E-state index in [1.165, 1.54) is 11.1 Å². The summed E-state index contributed by atoms with van der Waals surface area (Å²) in [6, 6.07) is 16.9. The summed E-state index contributed by atoms with van der Waals surface area (Å²) >= 11 is 0. The average molecular weight is 430 g/mol. The van der Waals surface area contributed by atoms with E-state index >= 15 is 0 Å². The summed E-state index contributed by atoms with van der Waals surface area (Å²) in [5.74, 6) is 1.61. The lowest BCUT2D eigenvalue weighted by atomic mass is 9.84. The number of hydrogen-bond acceptors (Lipinski definition) is 4. The van der Waals surface area contributed by atoms with Crippen molar-refractivity contribution >= 4 is 5.91 Å². The van der Waals surface area contributed by atoms with Crippen LogP contribution in [0.3, 0.4) is 0 Å².